The Morgan fingerprint density at radius 1 is 1.38 bits per heavy atom. The predicted molar refractivity (Wildman–Crippen MR) is 62.9 cm³/mol. The summed E-state index contributed by atoms with van der Waals surface area (Å²) < 4.78 is 0. The molecule has 0 amide bonds. The van der Waals surface area contributed by atoms with Gasteiger partial charge in [-0.15, -0.1) is 0 Å². The highest BCUT2D eigenvalue weighted by Crippen LogP contribution is 2.14. The standard InChI is InChI=1S/C12H13N3O/c1-8(13)10-4-5-11(15-12(10)16)9-3-2-6-14-7-9/h2-8H,13H2,1H3,(H,15,16)/t8-/m1/s1. The zero-order valence-corrected chi connectivity index (χ0v) is 8.97. The van der Waals surface area contributed by atoms with Gasteiger partial charge in [-0.1, -0.05) is 0 Å². The van der Waals surface area contributed by atoms with Gasteiger partial charge in [-0.2, -0.15) is 0 Å². The lowest BCUT2D eigenvalue weighted by atomic mass is 10.1. The van der Waals surface area contributed by atoms with Gasteiger partial charge in [0, 0.05) is 35.3 Å². The van der Waals surface area contributed by atoms with Gasteiger partial charge in [0.05, 0.1) is 0 Å². The summed E-state index contributed by atoms with van der Waals surface area (Å²) >= 11 is 0. The average molecular weight is 215 g/mol. The molecule has 3 N–H and O–H groups in total. The van der Waals surface area contributed by atoms with Gasteiger partial charge in [0.1, 0.15) is 0 Å². The van der Waals surface area contributed by atoms with Crippen LogP contribution in [0.5, 0.6) is 0 Å². The number of nitrogens with two attached hydrogens (primary N) is 1. The number of hydrogen-bond acceptors (Lipinski definition) is 3. The van der Waals surface area contributed by atoms with Crippen LogP contribution >= 0.6 is 0 Å². The van der Waals surface area contributed by atoms with Gasteiger partial charge in [-0.3, -0.25) is 9.78 Å². The highest BCUT2D eigenvalue weighted by molar-refractivity contribution is 5.57. The summed E-state index contributed by atoms with van der Waals surface area (Å²) in [4.78, 5) is 18.5. The molecule has 2 aromatic heterocycles. The number of pyridine rings is 2. The zero-order valence-electron chi connectivity index (χ0n) is 8.97. The highest BCUT2D eigenvalue weighted by Gasteiger charge is 2.06. The van der Waals surface area contributed by atoms with Crippen molar-refractivity contribution in [2.24, 2.45) is 5.73 Å². The number of aromatic amines is 1. The lowest BCUT2D eigenvalue weighted by molar-refractivity contribution is 0.800. The Morgan fingerprint density at radius 3 is 2.75 bits per heavy atom. The molecule has 4 heteroatoms. The molecule has 1 atom stereocenters. The minimum Gasteiger partial charge on any atom is -0.324 e. The third-order valence-electron chi connectivity index (χ3n) is 2.40. The number of aromatic nitrogens is 2. The average Bonchev–Trinajstić information content (AvgIpc) is 2.29. The molecule has 2 rings (SSSR count). The van der Waals surface area contributed by atoms with E-state index in [1.165, 1.54) is 0 Å². The summed E-state index contributed by atoms with van der Waals surface area (Å²) in [5, 5.41) is 0. The first kappa shape index (κ1) is 10.6. The molecule has 0 aliphatic heterocycles. The van der Waals surface area contributed by atoms with Crippen molar-refractivity contribution in [3.63, 3.8) is 0 Å². The topological polar surface area (TPSA) is 71.8 Å². The van der Waals surface area contributed by atoms with E-state index in [-0.39, 0.29) is 11.6 Å². The van der Waals surface area contributed by atoms with Crippen LogP contribution in [-0.2, 0) is 0 Å². The van der Waals surface area contributed by atoms with Crippen LogP contribution in [0.3, 0.4) is 0 Å². The fraction of sp³-hybridized carbons (Fsp3) is 0.167. The van der Waals surface area contributed by atoms with E-state index in [9.17, 15) is 4.79 Å². The van der Waals surface area contributed by atoms with Crippen LogP contribution in [0.2, 0.25) is 0 Å². The van der Waals surface area contributed by atoms with Gasteiger partial charge in [-0.25, -0.2) is 0 Å². The zero-order chi connectivity index (χ0) is 11.5. The SMILES string of the molecule is C[C@@H](N)c1ccc(-c2cccnc2)[nH]c1=O. The monoisotopic (exact) mass is 215 g/mol. The summed E-state index contributed by atoms with van der Waals surface area (Å²) in [6.07, 6.45) is 3.40. The normalized spacial score (nSPS) is 12.4. The van der Waals surface area contributed by atoms with E-state index < -0.39 is 0 Å². The molecule has 0 radical (unpaired) electrons. The molecule has 0 unspecified atom stereocenters. The van der Waals surface area contributed by atoms with Crippen LogP contribution in [0.15, 0.2) is 41.5 Å². The predicted octanol–water partition coefficient (Wildman–Crippen LogP) is 1.46. The largest absolute Gasteiger partial charge is 0.324 e. The number of hydrogen-bond donors (Lipinski definition) is 2. The van der Waals surface area contributed by atoms with E-state index >= 15 is 0 Å². The van der Waals surface area contributed by atoms with E-state index in [0.29, 0.717) is 5.56 Å². The van der Waals surface area contributed by atoms with Gasteiger partial charge in [0.25, 0.3) is 5.56 Å². The van der Waals surface area contributed by atoms with Gasteiger partial charge in [0.15, 0.2) is 0 Å². The van der Waals surface area contributed by atoms with Crippen LogP contribution in [0.4, 0.5) is 0 Å². The number of H-pyrrole nitrogens is 1. The van der Waals surface area contributed by atoms with Gasteiger partial charge in [-0.05, 0) is 31.2 Å². The Balaban J connectivity index is 2.47. The van der Waals surface area contributed by atoms with E-state index in [2.05, 4.69) is 9.97 Å². The van der Waals surface area contributed by atoms with Crippen molar-refractivity contribution < 1.29 is 0 Å². The molecule has 0 aliphatic rings. The lowest BCUT2D eigenvalue weighted by Crippen LogP contribution is -2.19. The first-order chi connectivity index (χ1) is 7.68. The van der Waals surface area contributed by atoms with Gasteiger partial charge in [0.2, 0.25) is 0 Å². The molecule has 0 saturated carbocycles. The van der Waals surface area contributed by atoms with Crippen molar-refractivity contribution in [1.82, 2.24) is 9.97 Å². The summed E-state index contributed by atoms with van der Waals surface area (Å²) in [5.74, 6) is 0. The molecular formula is C12H13N3O. The van der Waals surface area contributed by atoms with Crippen molar-refractivity contribution >= 4 is 0 Å². The molecule has 0 bridgehead atoms. The second kappa shape index (κ2) is 4.28. The molecule has 82 valence electrons. The fourth-order valence-electron chi connectivity index (χ4n) is 1.53. The molecule has 4 nitrogen and oxygen atoms in total. The van der Waals surface area contributed by atoms with Crippen LogP contribution < -0.4 is 11.3 Å². The Kier molecular flexibility index (Phi) is 2.83. The molecule has 0 saturated heterocycles. The smallest absolute Gasteiger partial charge is 0.253 e. The molecule has 0 spiro atoms. The number of nitrogens with zero attached hydrogens (tertiary/aromatic N) is 1. The Hall–Kier alpha value is -1.94. The van der Waals surface area contributed by atoms with Crippen molar-refractivity contribution in [3.8, 4) is 11.3 Å². The van der Waals surface area contributed by atoms with Crippen LogP contribution in [-0.4, -0.2) is 9.97 Å². The Morgan fingerprint density at radius 2 is 2.19 bits per heavy atom. The maximum atomic E-state index is 11.7. The molecule has 2 aromatic rings. The molecule has 16 heavy (non-hydrogen) atoms. The second-order valence-corrected chi connectivity index (χ2v) is 3.69. The third kappa shape index (κ3) is 2.01. The van der Waals surface area contributed by atoms with E-state index in [1.807, 2.05) is 18.2 Å². The first-order valence-corrected chi connectivity index (χ1v) is 5.07. The van der Waals surface area contributed by atoms with Crippen molar-refractivity contribution in [2.45, 2.75) is 13.0 Å². The number of rotatable bonds is 2. The van der Waals surface area contributed by atoms with Gasteiger partial charge >= 0.3 is 0 Å². The highest BCUT2D eigenvalue weighted by atomic mass is 16.1. The molecule has 2 heterocycles. The van der Waals surface area contributed by atoms with Gasteiger partial charge < -0.3 is 10.7 Å². The summed E-state index contributed by atoms with van der Waals surface area (Å²) in [6, 6.07) is 7.06. The maximum absolute atomic E-state index is 11.7. The van der Waals surface area contributed by atoms with Crippen molar-refractivity contribution in [1.29, 1.82) is 0 Å². The van der Waals surface area contributed by atoms with E-state index in [4.69, 9.17) is 5.73 Å². The quantitative estimate of drug-likeness (QED) is 0.796. The van der Waals surface area contributed by atoms with Crippen LogP contribution in [0, 0.1) is 0 Å². The molecular weight excluding hydrogens is 202 g/mol. The summed E-state index contributed by atoms with van der Waals surface area (Å²) in [5.41, 5.74) is 7.76. The van der Waals surface area contributed by atoms with Crippen LogP contribution in [0.1, 0.15) is 18.5 Å². The first-order valence-electron chi connectivity index (χ1n) is 5.07. The molecule has 0 aliphatic carbocycles. The lowest BCUT2D eigenvalue weighted by Gasteiger charge is -2.06. The maximum Gasteiger partial charge on any atom is 0.253 e. The van der Waals surface area contributed by atoms with Crippen molar-refractivity contribution in [2.75, 3.05) is 0 Å². The van der Waals surface area contributed by atoms with E-state index in [1.54, 1.807) is 25.4 Å². The second-order valence-electron chi connectivity index (χ2n) is 3.69. The summed E-state index contributed by atoms with van der Waals surface area (Å²) in [7, 11) is 0. The molecule has 0 aromatic carbocycles. The number of nitrogens with one attached hydrogen (secondary N) is 1. The molecule has 0 fully saturated rings. The van der Waals surface area contributed by atoms with E-state index in [0.717, 1.165) is 11.3 Å². The summed E-state index contributed by atoms with van der Waals surface area (Å²) in [6.45, 7) is 1.79. The Bertz CT molecular complexity index is 531. The third-order valence-corrected chi connectivity index (χ3v) is 2.40. The van der Waals surface area contributed by atoms with Crippen LogP contribution in [0.25, 0.3) is 11.3 Å². The van der Waals surface area contributed by atoms with Crippen molar-refractivity contribution in [3.05, 3.63) is 52.6 Å². The Labute approximate surface area is 93.2 Å². The fourth-order valence-corrected chi connectivity index (χ4v) is 1.53. The minimum atomic E-state index is -0.258. The minimum absolute atomic E-state index is 0.142.